The summed E-state index contributed by atoms with van der Waals surface area (Å²) in [7, 11) is 1.78. The second-order valence-electron chi connectivity index (χ2n) is 4.01. The molecule has 2 heterocycles. The summed E-state index contributed by atoms with van der Waals surface area (Å²) in [6, 6.07) is 3.49. The Morgan fingerprint density at radius 1 is 1.42 bits per heavy atom. The van der Waals surface area contributed by atoms with Crippen LogP contribution in [0.25, 0.3) is 0 Å². The van der Waals surface area contributed by atoms with Crippen molar-refractivity contribution in [1.82, 2.24) is 9.97 Å². The summed E-state index contributed by atoms with van der Waals surface area (Å²) < 4.78 is 0. The summed E-state index contributed by atoms with van der Waals surface area (Å²) in [6.07, 6.45) is 2.42. The molecule has 5 nitrogen and oxygen atoms in total. The summed E-state index contributed by atoms with van der Waals surface area (Å²) in [5.74, 6) is 0.543. The van der Waals surface area contributed by atoms with Crippen molar-refractivity contribution >= 4 is 28.2 Å². The number of rotatable bonds is 4. The molecule has 0 aliphatic carbocycles. The van der Waals surface area contributed by atoms with Gasteiger partial charge in [0.25, 0.3) is 5.91 Å². The van der Waals surface area contributed by atoms with Crippen LogP contribution >= 0.6 is 11.3 Å². The molecule has 100 valence electrons. The third-order valence-corrected chi connectivity index (χ3v) is 3.66. The van der Waals surface area contributed by atoms with Gasteiger partial charge in [-0.25, -0.2) is 9.97 Å². The van der Waals surface area contributed by atoms with Gasteiger partial charge in [-0.2, -0.15) is 0 Å². The van der Waals surface area contributed by atoms with Crippen LogP contribution in [0.3, 0.4) is 0 Å². The fraction of sp³-hybridized carbons (Fsp3) is 0.308. The van der Waals surface area contributed by atoms with Crippen LogP contribution in [-0.4, -0.2) is 22.9 Å². The lowest BCUT2D eigenvalue weighted by molar-refractivity contribution is 0.102. The number of aryl methyl sites for hydroxylation is 2. The van der Waals surface area contributed by atoms with E-state index in [2.05, 4.69) is 20.6 Å². The molecule has 0 aromatic carbocycles. The van der Waals surface area contributed by atoms with Gasteiger partial charge in [-0.15, -0.1) is 11.3 Å². The Kier molecular flexibility index (Phi) is 4.11. The first-order valence-electron chi connectivity index (χ1n) is 6.05. The summed E-state index contributed by atoms with van der Waals surface area (Å²) >= 11 is 1.49. The van der Waals surface area contributed by atoms with Gasteiger partial charge in [0.15, 0.2) is 5.13 Å². The van der Waals surface area contributed by atoms with Crippen LogP contribution in [0.2, 0.25) is 0 Å². The molecule has 0 unspecified atom stereocenters. The Morgan fingerprint density at radius 3 is 2.74 bits per heavy atom. The minimum Gasteiger partial charge on any atom is -0.373 e. The van der Waals surface area contributed by atoms with Crippen LogP contribution in [0.15, 0.2) is 18.3 Å². The monoisotopic (exact) mass is 276 g/mol. The standard InChI is InChI=1S/C13H16N4OS/c1-4-10-8(2)19-13(16-10)17-12(18)9-5-6-11(14-3)15-7-9/h5-7H,4H2,1-3H3,(H,14,15)(H,16,17,18). The van der Waals surface area contributed by atoms with E-state index in [-0.39, 0.29) is 5.91 Å². The number of amides is 1. The van der Waals surface area contributed by atoms with E-state index in [9.17, 15) is 4.79 Å². The highest BCUT2D eigenvalue weighted by Gasteiger charge is 2.11. The van der Waals surface area contributed by atoms with E-state index in [0.717, 1.165) is 22.8 Å². The van der Waals surface area contributed by atoms with Crippen LogP contribution in [0.1, 0.15) is 27.9 Å². The second kappa shape index (κ2) is 5.79. The Hall–Kier alpha value is -1.95. The van der Waals surface area contributed by atoms with Gasteiger partial charge in [-0.1, -0.05) is 6.92 Å². The maximum absolute atomic E-state index is 12.0. The van der Waals surface area contributed by atoms with Crippen LogP contribution < -0.4 is 10.6 Å². The molecule has 0 atom stereocenters. The molecule has 2 rings (SSSR count). The van der Waals surface area contributed by atoms with Crippen molar-refractivity contribution < 1.29 is 4.79 Å². The molecule has 6 heteroatoms. The molecule has 0 bridgehead atoms. The molecule has 0 spiro atoms. The molecular weight excluding hydrogens is 260 g/mol. The first kappa shape index (κ1) is 13.5. The topological polar surface area (TPSA) is 66.9 Å². The molecule has 0 radical (unpaired) electrons. The molecule has 0 saturated carbocycles. The first-order valence-corrected chi connectivity index (χ1v) is 6.87. The summed E-state index contributed by atoms with van der Waals surface area (Å²) in [6.45, 7) is 4.06. The van der Waals surface area contributed by atoms with Gasteiger partial charge in [-0.3, -0.25) is 10.1 Å². The van der Waals surface area contributed by atoms with Gasteiger partial charge in [0, 0.05) is 18.1 Å². The Balaban J connectivity index is 2.11. The Bertz CT molecular complexity index is 577. The second-order valence-corrected chi connectivity index (χ2v) is 5.21. The number of hydrogen-bond acceptors (Lipinski definition) is 5. The molecule has 19 heavy (non-hydrogen) atoms. The van der Waals surface area contributed by atoms with E-state index >= 15 is 0 Å². The van der Waals surface area contributed by atoms with Crippen LogP contribution in [-0.2, 0) is 6.42 Å². The van der Waals surface area contributed by atoms with Crippen molar-refractivity contribution in [3.8, 4) is 0 Å². The first-order chi connectivity index (χ1) is 9.13. The van der Waals surface area contributed by atoms with Gasteiger partial charge in [0.2, 0.25) is 0 Å². The molecular formula is C13H16N4OS. The highest BCUT2D eigenvalue weighted by Crippen LogP contribution is 2.22. The van der Waals surface area contributed by atoms with Crippen molar-refractivity contribution in [3.63, 3.8) is 0 Å². The van der Waals surface area contributed by atoms with Crippen LogP contribution in [0.5, 0.6) is 0 Å². The zero-order valence-electron chi connectivity index (χ0n) is 11.2. The predicted octanol–water partition coefficient (Wildman–Crippen LogP) is 2.70. The highest BCUT2D eigenvalue weighted by atomic mass is 32.1. The van der Waals surface area contributed by atoms with Crippen molar-refractivity contribution in [2.24, 2.45) is 0 Å². The minimum atomic E-state index is -0.188. The van der Waals surface area contributed by atoms with E-state index < -0.39 is 0 Å². The number of pyridine rings is 1. The number of thiazole rings is 1. The van der Waals surface area contributed by atoms with Gasteiger partial charge < -0.3 is 5.32 Å². The van der Waals surface area contributed by atoms with E-state index in [1.165, 1.54) is 11.3 Å². The molecule has 2 aromatic heterocycles. The van der Waals surface area contributed by atoms with Gasteiger partial charge >= 0.3 is 0 Å². The van der Waals surface area contributed by atoms with Gasteiger partial charge in [0.05, 0.1) is 11.3 Å². The average molecular weight is 276 g/mol. The van der Waals surface area contributed by atoms with Gasteiger partial charge in [0.1, 0.15) is 5.82 Å². The third-order valence-electron chi connectivity index (χ3n) is 2.73. The Labute approximate surface area is 116 Å². The summed E-state index contributed by atoms with van der Waals surface area (Å²) in [5.41, 5.74) is 1.55. The number of nitrogens with zero attached hydrogens (tertiary/aromatic N) is 2. The fourth-order valence-electron chi connectivity index (χ4n) is 1.65. The lowest BCUT2D eigenvalue weighted by Crippen LogP contribution is -2.12. The summed E-state index contributed by atoms with van der Waals surface area (Å²) in [4.78, 5) is 21.6. The molecule has 1 amide bonds. The van der Waals surface area contributed by atoms with Crippen molar-refractivity contribution in [2.75, 3.05) is 17.7 Å². The normalized spacial score (nSPS) is 10.3. The highest BCUT2D eigenvalue weighted by molar-refractivity contribution is 7.15. The number of nitrogens with one attached hydrogen (secondary N) is 2. The average Bonchev–Trinajstić information content (AvgIpc) is 2.78. The van der Waals surface area contributed by atoms with Crippen LogP contribution in [0, 0.1) is 6.92 Å². The number of anilines is 2. The minimum absolute atomic E-state index is 0.188. The van der Waals surface area contributed by atoms with E-state index in [1.54, 1.807) is 25.4 Å². The molecule has 0 aliphatic heterocycles. The SMILES string of the molecule is CCc1nc(NC(=O)c2ccc(NC)nc2)sc1C. The molecule has 2 N–H and O–H groups in total. The maximum atomic E-state index is 12.0. The number of carbonyl (C=O) groups is 1. The number of hydrogen-bond donors (Lipinski definition) is 2. The zero-order chi connectivity index (χ0) is 13.8. The third kappa shape index (κ3) is 3.08. The Morgan fingerprint density at radius 2 is 2.21 bits per heavy atom. The largest absolute Gasteiger partial charge is 0.373 e. The molecule has 0 fully saturated rings. The number of carbonyl (C=O) groups excluding carboxylic acids is 1. The lowest BCUT2D eigenvalue weighted by atomic mass is 10.2. The molecule has 0 aliphatic rings. The van der Waals surface area contributed by atoms with E-state index in [4.69, 9.17) is 0 Å². The van der Waals surface area contributed by atoms with Crippen LogP contribution in [0.4, 0.5) is 10.9 Å². The quantitative estimate of drug-likeness (QED) is 0.901. The lowest BCUT2D eigenvalue weighted by Gasteiger charge is -2.02. The van der Waals surface area contributed by atoms with E-state index in [0.29, 0.717) is 10.7 Å². The smallest absolute Gasteiger partial charge is 0.259 e. The van der Waals surface area contributed by atoms with Gasteiger partial charge in [-0.05, 0) is 25.5 Å². The maximum Gasteiger partial charge on any atom is 0.259 e. The van der Waals surface area contributed by atoms with E-state index in [1.807, 2.05) is 13.8 Å². The molecule has 0 saturated heterocycles. The van der Waals surface area contributed by atoms with Crippen molar-refractivity contribution in [2.45, 2.75) is 20.3 Å². The number of aromatic nitrogens is 2. The van der Waals surface area contributed by atoms with Crippen molar-refractivity contribution in [3.05, 3.63) is 34.5 Å². The summed E-state index contributed by atoms with van der Waals surface area (Å²) in [5, 5.41) is 6.34. The fourth-order valence-corrected chi connectivity index (χ4v) is 2.55. The van der Waals surface area contributed by atoms with Crippen molar-refractivity contribution in [1.29, 1.82) is 0 Å². The zero-order valence-corrected chi connectivity index (χ0v) is 12.0. The molecule has 2 aromatic rings. The predicted molar refractivity (Wildman–Crippen MR) is 78.0 cm³/mol.